The highest BCUT2D eigenvalue weighted by Crippen LogP contribution is 2.23. The number of rotatable bonds is 17. The van der Waals surface area contributed by atoms with E-state index >= 15 is 0 Å². The normalized spacial score (nSPS) is 12.3. The molecule has 0 radical (unpaired) electrons. The van der Waals surface area contributed by atoms with Crippen LogP contribution in [-0.4, -0.2) is 75.0 Å². The Morgan fingerprint density at radius 1 is 0.833 bits per heavy atom. The largest absolute Gasteiger partial charge is 0.374 e. The van der Waals surface area contributed by atoms with E-state index in [2.05, 4.69) is 40.4 Å². The highest BCUT2D eigenvalue weighted by atomic mass is 16.5. The molecule has 0 saturated carbocycles. The molecule has 0 aliphatic rings. The van der Waals surface area contributed by atoms with Crippen molar-refractivity contribution in [2.45, 2.75) is 85.8 Å². The molecule has 11 heteroatoms. The van der Waals surface area contributed by atoms with Gasteiger partial charge in [0.15, 0.2) is 0 Å². The fourth-order valence-corrected chi connectivity index (χ4v) is 3.91. The van der Waals surface area contributed by atoms with Crippen molar-refractivity contribution in [1.29, 1.82) is 0 Å². The molecule has 5 N–H and O–H groups in total. The smallest absolute Gasteiger partial charge is 0.251 e. The van der Waals surface area contributed by atoms with E-state index in [1.165, 1.54) is 14.1 Å². The number of aryl methyl sites for hydroxylation is 1. The minimum atomic E-state index is -0.965. The van der Waals surface area contributed by atoms with Gasteiger partial charge in [0.1, 0.15) is 6.04 Å². The summed E-state index contributed by atoms with van der Waals surface area (Å²) >= 11 is 0. The first-order valence-electron chi connectivity index (χ1n) is 14.6. The number of amides is 5. The van der Waals surface area contributed by atoms with Crippen molar-refractivity contribution in [1.82, 2.24) is 26.6 Å². The van der Waals surface area contributed by atoms with Crippen LogP contribution >= 0.6 is 0 Å². The molecule has 0 fully saturated rings. The third-order valence-corrected chi connectivity index (χ3v) is 6.87. The van der Waals surface area contributed by atoms with E-state index in [1.807, 2.05) is 20.8 Å². The number of hydrogen-bond donors (Lipinski definition) is 5. The van der Waals surface area contributed by atoms with Gasteiger partial charge < -0.3 is 31.3 Å². The third-order valence-electron chi connectivity index (χ3n) is 6.87. The van der Waals surface area contributed by atoms with E-state index in [4.69, 9.17) is 4.74 Å². The minimum Gasteiger partial charge on any atom is -0.374 e. The van der Waals surface area contributed by atoms with Crippen LogP contribution in [0.2, 0.25) is 0 Å². The molecule has 0 heterocycles. The first-order chi connectivity index (χ1) is 19.5. The van der Waals surface area contributed by atoms with Gasteiger partial charge in [-0.05, 0) is 83.6 Å². The first-order valence-corrected chi connectivity index (χ1v) is 14.6. The molecule has 1 aromatic carbocycles. The number of ether oxygens (including phenoxy) is 1. The van der Waals surface area contributed by atoms with Gasteiger partial charge in [-0.25, -0.2) is 0 Å². The van der Waals surface area contributed by atoms with Crippen molar-refractivity contribution in [2.24, 2.45) is 11.3 Å². The van der Waals surface area contributed by atoms with Gasteiger partial charge >= 0.3 is 0 Å². The van der Waals surface area contributed by atoms with Crippen molar-refractivity contribution in [3.05, 3.63) is 34.9 Å². The molecule has 0 aromatic heterocycles. The van der Waals surface area contributed by atoms with E-state index in [9.17, 15) is 24.0 Å². The second-order valence-corrected chi connectivity index (χ2v) is 12.3. The van der Waals surface area contributed by atoms with Crippen LogP contribution in [0.3, 0.4) is 0 Å². The lowest BCUT2D eigenvalue weighted by Gasteiger charge is -2.32. The Balaban J connectivity index is 2.68. The quantitative estimate of drug-likeness (QED) is 0.188. The van der Waals surface area contributed by atoms with E-state index in [0.717, 1.165) is 12.0 Å². The number of carbonyl (C=O) groups is 5. The van der Waals surface area contributed by atoms with E-state index in [-0.39, 0.29) is 49.0 Å². The second-order valence-electron chi connectivity index (χ2n) is 12.3. The Bertz CT molecular complexity index is 1100. The Labute approximate surface area is 250 Å². The maximum absolute atomic E-state index is 13.0. The summed E-state index contributed by atoms with van der Waals surface area (Å²) in [5.74, 6) is -0.994. The predicted molar refractivity (Wildman–Crippen MR) is 163 cm³/mol. The molecule has 0 saturated heterocycles. The summed E-state index contributed by atoms with van der Waals surface area (Å²) in [6, 6.07) is 4.24. The van der Waals surface area contributed by atoms with Crippen LogP contribution in [0.4, 0.5) is 0 Å². The zero-order chi connectivity index (χ0) is 32.1. The van der Waals surface area contributed by atoms with Crippen LogP contribution in [0, 0.1) is 18.3 Å². The third kappa shape index (κ3) is 13.0. The molecule has 0 aliphatic heterocycles. The van der Waals surface area contributed by atoms with Gasteiger partial charge in [0.05, 0.1) is 17.6 Å². The lowest BCUT2D eigenvalue weighted by atomic mass is 9.92. The standard InChI is InChI=1S/C31H51N5O6/c1-20(2)12-14-34-26(38)22-16-21(3)17-23(18-22)27(39)35-15-13-31(6,7)42-19-30(4,5)29(41)36-24(28(40)33-9)10-11-25(37)32-8/h16-18,20,24H,10-15,19H2,1-9H3,(H,32,37)(H,33,40)(H,34,38)(H,35,39)(H,36,41). The Hall–Kier alpha value is -3.47. The number of nitrogens with one attached hydrogen (secondary N) is 5. The van der Waals surface area contributed by atoms with E-state index in [1.54, 1.807) is 32.0 Å². The molecule has 0 bridgehead atoms. The van der Waals surface area contributed by atoms with Gasteiger partial charge in [0.25, 0.3) is 11.8 Å². The zero-order valence-electron chi connectivity index (χ0n) is 26.8. The Kier molecular flexibility index (Phi) is 14.7. The monoisotopic (exact) mass is 589 g/mol. The molecular weight excluding hydrogens is 538 g/mol. The van der Waals surface area contributed by atoms with Gasteiger partial charge in [-0.2, -0.15) is 0 Å². The van der Waals surface area contributed by atoms with Crippen molar-refractivity contribution in [3.8, 4) is 0 Å². The minimum absolute atomic E-state index is 0.0723. The second kappa shape index (κ2) is 16.8. The van der Waals surface area contributed by atoms with E-state index < -0.39 is 17.1 Å². The average Bonchev–Trinajstić information content (AvgIpc) is 2.92. The Morgan fingerprint density at radius 3 is 1.93 bits per heavy atom. The Morgan fingerprint density at radius 2 is 1.40 bits per heavy atom. The fourth-order valence-electron chi connectivity index (χ4n) is 3.91. The number of hydrogen-bond acceptors (Lipinski definition) is 6. The summed E-state index contributed by atoms with van der Waals surface area (Å²) in [6.07, 6.45) is 1.61. The van der Waals surface area contributed by atoms with Crippen LogP contribution in [0.15, 0.2) is 18.2 Å². The van der Waals surface area contributed by atoms with Crippen LogP contribution in [0.5, 0.6) is 0 Å². The molecular formula is C31H51N5O6. The molecule has 1 rings (SSSR count). The van der Waals surface area contributed by atoms with Crippen molar-refractivity contribution >= 4 is 29.5 Å². The molecule has 11 nitrogen and oxygen atoms in total. The molecule has 42 heavy (non-hydrogen) atoms. The predicted octanol–water partition coefficient (Wildman–Crippen LogP) is 2.47. The van der Waals surface area contributed by atoms with Crippen LogP contribution in [0.25, 0.3) is 0 Å². The summed E-state index contributed by atoms with van der Waals surface area (Å²) in [4.78, 5) is 62.3. The summed E-state index contributed by atoms with van der Waals surface area (Å²) in [7, 11) is 2.99. The zero-order valence-corrected chi connectivity index (χ0v) is 26.8. The summed E-state index contributed by atoms with van der Waals surface area (Å²) < 4.78 is 6.08. The first kappa shape index (κ1) is 36.6. The van der Waals surface area contributed by atoms with Gasteiger partial charge in [-0.15, -0.1) is 0 Å². The summed E-state index contributed by atoms with van der Waals surface area (Å²) in [5, 5.41) is 13.5. The summed E-state index contributed by atoms with van der Waals surface area (Å²) in [6.45, 7) is 14.2. The van der Waals surface area contributed by atoms with Gasteiger partial charge in [-0.3, -0.25) is 24.0 Å². The molecule has 1 unspecified atom stereocenters. The highest BCUT2D eigenvalue weighted by molar-refractivity contribution is 6.00. The maximum Gasteiger partial charge on any atom is 0.251 e. The number of likely N-dealkylation sites (N-methyl/N-ethyl adjacent to an activating group) is 1. The summed E-state index contributed by atoms with van der Waals surface area (Å²) in [5.41, 5.74) is 0.0299. The number of carbonyl (C=O) groups excluding carboxylic acids is 5. The van der Waals surface area contributed by atoms with Crippen LogP contribution in [0.1, 0.15) is 93.5 Å². The molecule has 5 amide bonds. The lowest BCUT2D eigenvalue weighted by molar-refractivity contribution is -0.140. The molecule has 0 aliphatic carbocycles. The molecule has 1 atom stereocenters. The van der Waals surface area contributed by atoms with Crippen LogP contribution in [-0.2, 0) is 19.1 Å². The molecule has 236 valence electrons. The average molecular weight is 590 g/mol. The van der Waals surface area contributed by atoms with Crippen molar-refractivity contribution < 1.29 is 28.7 Å². The van der Waals surface area contributed by atoms with Crippen molar-refractivity contribution in [2.75, 3.05) is 33.8 Å². The van der Waals surface area contributed by atoms with Gasteiger partial charge in [0.2, 0.25) is 17.7 Å². The maximum atomic E-state index is 13.0. The van der Waals surface area contributed by atoms with E-state index in [0.29, 0.717) is 36.6 Å². The van der Waals surface area contributed by atoms with Gasteiger partial charge in [-0.1, -0.05) is 13.8 Å². The molecule has 0 spiro atoms. The van der Waals surface area contributed by atoms with Gasteiger partial charge in [0, 0.05) is 44.7 Å². The van der Waals surface area contributed by atoms with Crippen LogP contribution < -0.4 is 26.6 Å². The lowest BCUT2D eigenvalue weighted by Crippen LogP contribution is -2.51. The topological polar surface area (TPSA) is 155 Å². The van der Waals surface area contributed by atoms with Crippen molar-refractivity contribution in [3.63, 3.8) is 0 Å². The number of benzene rings is 1. The SMILES string of the molecule is CNC(=O)CCC(NC(=O)C(C)(C)COC(C)(C)CCNC(=O)c1cc(C)cc(C(=O)NCCC(C)C)c1)C(=O)NC. The highest BCUT2D eigenvalue weighted by Gasteiger charge is 2.34. The fraction of sp³-hybridized carbons (Fsp3) is 0.645. The molecule has 1 aromatic rings.